The molecule has 0 atom stereocenters. The largest absolute Gasteiger partial charge is 0.478 e. The first-order chi connectivity index (χ1) is 20.4. The predicted octanol–water partition coefficient (Wildman–Crippen LogP) is 11.2. The summed E-state index contributed by atoms with van der Waals surface area (Å²) >= 11 is 0. The number of hydrogen-bond donors (Lipinski definition) is 2. The average Bonchev–Trinajstić information content (AvgIpc) is 2.87. The zero-order valence-electron chi connectivity index (χ0n) is 28.9. The second-order valence-corrected chi connectivity index (χ2v) is 13.5. The van der Waals surface area contributed by atoms with Crippen LogP contribution in [0.1, 0.15) is 108 Å². The first-order valence-electron chi connectivity index (χ1n) is 15.7. The maximum Gasteiger partial charge on any atom is 0.328 e. The van der Waals surface area contributed by atoms with Crippen LogP contribution >= 0.6 is 0 Å². The zero-order chi connectivity index (χ0) is 33.5. The molecule has 4 heteroatoms. The summed E-state index contributed by atoms with van der Waals surface area (Å²) in [7, 11) is 0. The van der Waals surface area contributed by atoms with Crippen LogP contribution in [0.15, 0.2) is 117 Å². The molecular weight excluding hydrogens is 544 g/mol. The van der Waals surface area contributed by atoms with Crippen molar-refractivity contribution < 1.29 is 19.8 Å². The number of carboxylic acids is 2. The van der Waals surface area contributed by atoms with Crippen molar-refractivity contribution in [2.45, 2.75) is 108 Å². The monoisotopic (exact) mass is 600 g/mol. The Kier molecular flexibility index (Phi) is 15.9. The molecule has 2 rings (SSSR count). The molecule has 2 aliphatic carbocycles. The standard InChI is InChI=1S/2C20H28O2/c2*1-15(8-6-9-16(2)14-19(21)22)11-12-18-17(3)10-7-13-20(18,4)5/h2*6,8-9,11-12,14H,7,10,13H2,1-5H3,(H,21,22)/b9-6+,12-11+,15-8+,16-14+;9-6+,12-11+,15-8-,16-14+. The van der Waals surface area contributed by atoms with E-state index in [2.05, 4.69) is 79.7 Å². The van der Waals surface area contributed by atoms with Crippen molar-refractivity contribution in [1.29, 1.82) is 0 Å². The van der Waals surface area contributed by atoms with Gasteiger partial charge in [0.2, 0.25) is 0 Å². The normalized spacial score (nSPS) is 20.2. The molecule has 2 N–H and O–H groups in total. The number of carboxylic acid groups (broad SMARTS) is 2. The Bertz CT molecular complexity index is 1240. The molecule has 44 heavy (non-hydrogen) atoms. The average molecular weight is 601 g/mol. The molecule has 0 spiro atoms. The molecule has 0 aromatic carbocycles. The van der Waals surface area contributed by atoms with Crippen LogP contribution in [0.3, 0.4) is 0 Å². The van der Waals surface area contributed by atoms with E-state index in [1.807, 2.05) is 24.3 Å². The van der Waals surface area contributed by atoms with Gasteiger partial charge in [0.25, 0.3) is 0 Å². The van der Waals surface area contributed by atoms with E-state index < -0.39 is 11.9 Å². The smallest absolute Gasteiger partial charge is 0.328 e. The van der Waals surface area contributed by atoms with Gasteiger partial charge in [0.05, 0.1) is 0 Å². The molecule has 0 fully saturated rings. The van der Waals surface area contributed by atoms with Crippen LogP contribution in [0.2, 0.25) is 0 Å². The molecular formula is C40H56O4. The van der Waals surface area contributed by atoms with E-state index in [1.165, 1.54) is 73.0 Å². The predicted molar refractivity (Wildman–Crippen MR) is 188 cm³/mol. The van der Waals surface area contributed by atoms with Gasteiger partial charge in [0.15, 0.2) is 0 Å². The Balaban J connectivity index is 0.000000440. The summed E-state index contributed by atoms with van der Waals surface area (Å²) in [4.78, 5) is 21.1. The Labute approximate surface area is 267 Å². The lowest BCUT2D eigenvalue weighted by Crippen LogP contribution is -2.19. The van der Waals surface area contributed by atoms with Gasteiger partial charge in [-0.1, -0.05) is 111 Å². The van der Waals surface area contributed by atoms with Gasteiger partial charge in [-0.3, -0.25) is 0 Å². The van der Waals surface area contributed by atoms with E-state index in [-0.39, 0.29) is 10.8 Å². The van der Waals surface area contributed by atoms with Crippen molar-refractivity contribution in [1.82, 2.24) is 0 Å². The van der Waals surface area contributed by atoms with E-state index in [0.717, 1.165) is 22.3 Å². The zero-order valence-corrected chi connectivity index (χ0v) is 28.9. The highest BCUT2D eigenvalue weighted by molar-refractivity contribution is 5.81. The molecule has 0 unspecified atom stereocenters. The molecule has 0 radical (unpaired) electrons. The number of carbonyl (C=O) groups is 2. The third kappa shape index (κ3) is 14.7. The minimum atomic E-state index is -0.912. The maximum absolute atomic E-state index is 10.5. The molecule has 0 aromatic rings. The fourth-order valence-electron chi connectivity index (χ4n) is 5.75. The summed E-state index contributed by atoms with van der Waals surface area (Å²) in [6, 6.07) is 0. The molecule has 0 aromatic heterocycles. The van der Waals surface area contributed by atoms with Crippen LogP contribution in [0.5, 0.6) is 0 Å². The lowest BCUT2D eigenvalue weighted by atomic mass is 9.72. The topological polar surface area (TPSA) is 74.6 Å². The van der Waals surface area contributed by atoms with Gasteiger partial charge in [-0.15, -0.1) is 0 Å². The second kappa shape index (κ2) is 18.2. The van der Waals surface area contributed by atoms with Gasteiger partial charge in [0.1, 0.15) is 0 Å². The minimum Gasteiger partial charge on any atom is -0.478 e. The maximum atomic E-state index is 10.5. The molecule has 0 saturated carbocycles. The second-order valence-electron chi connectivity index (χ2n) is 13.5. The van der Waals surface area contributed by atoms with Crippen molar-refractivity contribution in [3.05, 3.63) is 117 Å². The highest BCUT2D eigenvalue weighted by Crippen LogP contribution is 2.41. The Morgan fingerprint density at radius 2 is 0.932 bits per heavy atom. The van der Waals surface area contributed by atoms with Crippen molar-refractivity contribution in [2.24, 2.45) is 10.8 Å². The van der Waals surface area contributed by atoms with Crippen LogP contribution in [-0.2, 0) is 9.59 Å². The van der Waals surface area contributed by atoms with Crippen LogP contribution in [0.25, 0.3) is 0 Å². The molecule has 240 valence electrons. The lowest BCUT2D eigenvalue weighted by molar-refractivity contribution is -0.132. The third-order valence-electron chi connectivity index (χ3n) is 8.25. The number of rotatable bonds is 10. The quantitative estimate of drug-likeness (QED) is 0.193. The Morgan fingerprint density at radius 1 is 0.591 bits per heavy atom. The summed E-state index contributed by atoms with van der Waals surface area (Å²) in [5.74, 6) is -1.82. The van der Waals surface area contributed by atoms with Gasteiger partial charge in [-0.25, -0.2) is 9.59 Å². The van der Waals surface area contributed by atoms with E-state index in [9.17, 15) is 9.59 Å². The van der Waals surface area contributed by atoms with Gasteiger partial charge in [0, 0.05) is 12.2 Å². The fourth-order valence-corrected chi connectivity index (χ4v) is 5.75. The third-order valence-corrected chi connectivity index (χ3v) is 8.25. The van der Waals surface area contributed by atoms with Crippen LogP contribution in [0, 0.1) is 10.8 Å². The number of aliphatic carboxylic acids is 2. The summed E-state index contributed by atoms with van der Waals surface area (Å²) in [5.41, 5.74) is 10.2. The van der Waals surface area contributed by atoms with Crippen molar-refractivity contribution in [2.75, 3.05) is 0 Å². The molecule has 0 bridgehead atoms. The molecule has 2 aliphatic rings. The summed E-state index contributed by atoms with van der Waals surface area (Å²) in [6.07, 6.45) is 30.0. The van der Waals surface area contributed by atoms with Crippen LogP contribution < -0.4 is 0 Å². The molecule has 4 nitrogen and oxygen atoms in total. The van der Waals surface area contributed by atoms with Gasteiger partial charge >= 0.3 is 11.9 Å². The van der Waals surface area contributed by atoms with E-state index in [4.69, 9.17) is 10.2 Å². The molecule has 0 aliphatic heterocycles. The lowest BCUT2D eigenvalue weighted by Gasteiger charge is -2.33. The van der Waals surface area contributed by atoms with Gasteiger partial charge < -0.3 is 10.2 Å². The number of allylic oxidation sites excluding steroid dienone is 18. The molecule has 0 saturated heterocycles. The highest BCUT2D eigenvalue weighted by Gasteiger charge is 2.27. The SMILES string of the molecule is CC1=C(/C=C/C(C)=C/C=C/C(C)=C/C(=O)O)C(C)(C)CCC1.CC1=C(/C=C/C(C)=C\C=C\C(C)=C\C(=O)O)C(C)(C)CCC1. The van der Waals surface area contributed by atoms with Crippen LogP contribution in [0.4, 0.5) is 0 Å². The number of hydrogen-bond acceptors (Lipinski definition) is 2. The Hall–Kier alpha value is -3.66. The van der Waals surface area contributed by atoms with Crippen LogP contribution in [-0.4, -0.2) is 22.2 Å². The van der Waals surface area contributed by atoms with E-state index in [0.29, 0.717) is 0 Å². The van der Waals surface area contributed by atoms with Gasteiger partial charge in [-0.05, 0) is 113 Å². The van der Waals surface area contributed by atoms with Crippen molar-refractivity contribution >= 4 is 11.9 Å². The fraction of sp³-hybridized carbons (Fsp3) is 0.450. The first kappa shape index (κ1) is 38.4. The molecule has 0 heterocycles. The molecule has 0 amide bonds. The minimum absolute atomic E-state index is 0.260. The van der Waals surface area contributed by atoms with Crippen molar-refractivity contribution in [3.8, 4) is 0 Å². The van der Waals surface area contributed by atoms with E-state index >= 15 is 0 Å². The highest BCUT2D eigenvalue weighted by atomic mass is 16.4. The first-order valence-corrected chi connectivity index (χ1v) is 15.7. The summed E-state index contributed by atoms with van der Waals surface area (Å²) < 4.78 is 0. The Morgan fingerprint density at radius 3 is 1.23 bits per heavy atom. The van der Waals surface area contributed by atoms with E-state index in [1.54, 1.807) is 26.0 Å². The van der Waals surface area contributed by atoms with Crippen molar-refractivity contribution in [3.63, 3.8) is 0 Å². The van der Waals surface area contributed by atoms with Gasteiger partial charge in [-0.2, -0.15) is 0 Å². The summed E-state index contributed by atoms with van der Waals surface area (Å²) in [6.45, 7) is 21.4. The summed E-state index contributed by atoms with van der Waals surface area (Å²) in [5, 5.41) is 17.3.